The molecule has 5 nitrogen and oxygen atoms in total. The number of aromatic nitrogens is 2. The first-order valence-electron chi connectivity index (χ1n) is 6.69. The zero-order chi connectivity index (χ0) is 13.0. The summed E-state index contributed by atoms with van der Waals surface area (Å²) in [5.74, 6) is 1.11. The monoisotopic (exact) mass is 251 g/mol. The number of hydrogen-bond donors (Lipinski definition) is 3. The fourth-order valence-corrected chi connectivity index (χ4v) is 2.44. The van der Waals surface area contributed by atoms with Crippen molar-refractivity contribution in [1.29, 1.82) is 0 Å². The van der Waals surface area contributed by atoms with Crippen molar-refractivity contribution in [3.63, 3.8) is 0 Å². The first kappa shape index (κ1) is 13.1. The Morgan fingerprint density at radius 1 is 1.61 bits per heavy atom. The Morgan fingerprint density at radius 2 is 2.44 bits per heavy atom. The van der Waals surface area contributed by atoms with Gasteiger partial charge in [-0.2, -0.15) is 0 Å². The molecule has 1 amide bonds. The summed E-state index contributed by atoms with van der Waals surface area (Å²) in [5.41, 5.74) is 0.517. The number of nitrogens with one attached hydrogen (secondary N) is 2. The number of aromatic amines is 1. The van der Waals surface area contributed by atoms with Crippen LogP contribution in [0, 0.1) is 5.92 Å². The summed E-state index contributed by atoms with van der Waals surface area (Å²) in [7, 11) is 0. The molecule has 2 unspecified atom stereocenters. The summed E-state index contributed by atoms with van der Waals surface area (Å²) < 4.78 is 0. The van der Waals surface area contributed by atoms with Crippen LogP contribution in [0.5, 0.6) is 0 Å². The van der Waals surface area contributed by atoms with Gasteiger partial charge in [0.2, 0.25) is 0 Å². The van der Waals surface area contributed by atoms with E-state index in [2.05, 4.69) is 15.3 Å². The minimum atomic E-state index is -0.195. The molecule has 0 radical (unpaired) electrons. The van der Waals surface area contributed by atoms with Crippen molar-refractivity contribution in [2.24, 2.45) is 5.92 Å². The average Bonchev–Trinajstić information content (AvgIpc) is 2.85. The summed E-state index contributed by atoms with van der Waals surface area (Å²) in [6.07, 6.45) is 5.99. The molecule has 1 saturated carbocycles. The Morgan fingerprint density at radius 3 is 3.11 bits per heavy atom. The van der Waals surface area contributed by atoms with Gasteiger partial charge in [-0.1, -0.05) is 13.3 Å². The van der Waals surface area contributed by atoms with E-state index >= 15 is 0 Å². The van der Waals surface area contributed by atoms with E-state index in [9.17, 15) is 9.90 Å². The van der Waals surface area contributed by atoms with Gasteiger partial charge in [0.05, 0.1) is 12.3 Å². The summed E-state index contributed by atoms with van der Waals surface area (Å²) >= 11 is 0. The van der Waals surface area contributed by atoms with Crippen molar-refractivity contribution in [3.05, 3.63) is 17.7 Å². The third kappa shape index (κ3) is 3.32. The second kappa shape index (κ2) is 6.00. The zero-order valence-electron chi connectivity index (χ0n) is 10.8. The number of imidazole rings is 1. The van der Waals surface area contributed by atoms with E-state index in [1.165, 1.54) is 0 Å². The second-order valence-corrected chi connectivity index (χ2v) is 4.99. The normalized spacial score (nSPS) is 23.9. The van der Waals surface area contributed by atoms with E-state index < -0.39 is 0 Å². The number of amides is 1. The number of rotatable bonds is 4. The lowest BCUT2D eigenvalue weighted by Crippen LogP contribution is -2.33. The molecule has 2 rings (SSSR count). The molecule has 5 heteroatoms. The molecule has 1 aromatic heterocycles. The number of H-pyrrole nitrogens is 1. The summed E-state index contributed by atoms with van der Waals surface area (Å²) in [4.78, 5) is 18.9. The molecular weight excluding hydrogens is 230 g/mol. The average molecular weight is 251 g/mol. The maximum atomic E-state index is 11.9. The number of aliphatic hydroxyl groups excluding tert-OH is 1. The molecular formula is C13H21N3O2. The van der Waals surface area contributed by atoms with Crippen LogP contribution in [0.15, 0.2) is 6.20 Å². The summed E-state index contributed by atoms with van der Waals surface area (Å²) in [6.45, 7) is 2.63. The first-order chi connectivity index (χ1) is 8.69. The van der Waals surface area contributed by atoms with Crippen molar-refractivity contribution < 1.29 is 9.90 Å². The van der Waals surface area contributed by atoms with Gasteiger partial charge in [-0.15, -0.1) is 0 Å². The van der Waals surface area contributed by atoms with Gasteiger partial charge in [-0.3, -0.25) is 4.79 Å². The lowest BCUT2D eigenvalue weighted by atomic mass is 9.87. The summed E-state index contributed by atoms with van der Waals surface area (Å²) in [6, 6.07) is 0. The van der Waals surface area contributed by atoms with Crippen LogP contribution >= 0.6 is 0 Å². The third-order valence-corrected chi connectivity index (χ3v) is 3.51. The maximum Gasteiger partial charge on any atom is 0.269 e. The SMILES string of the molecule is CCc1ncc(C(=O)NCC2CCCC(O)C2)[nH]1. The lowest BCUT2D eigenvalue weighted by molar-refractivity contribution is 0.0870. The predicted octanol–water partition coefficient (Wildman–Crippen LogP) is 1.25. The van der Waals surface area contributed by atoms with Crippen LogP contribution in [0.25, 0.3) is 0 Å². The van der Waals surface area contributed by atoms with E-state index in [0.717, 1.165) is 37.9 Å². The van der Waals surface area contributed by atoms with E-state index in [-0.39, 0.29) is 12.0 Å². The molecule has 0 aromatic carbocycles. The van der Waals surface area contributed by atoms with Crippen LogP contribution in [0.3, 0.4) is 0 Å². The topological polar surface area (TPSA) is 78.0 Å². The number of aryl methyl sites for hydroxylation is 1. The fraction of sp³-hybridized carbons (Fsp3) is 0.692. The highest BCUT2D eigenvalue weighted by molar-refractivity contribution is 5.92. The molecule has 18 heavy (non-hydrogen) atoms. The van der Waals surface area contributed by atoms with Gasteiger partial charge >= 0.3 is 0 Å². The lowest BCUT2D eigenvalue weighted by Gasteiger charge is -2.25. The molecule has 0 spiro atoms. The van der Waals surface area contributed by atoms with Gasteiger partial charge in [-0.25, -0.2) is 4.98 Å². The van der Waals surface area contributed by atoms with Gasteiger partial charge < -0.3 is 15.4 Å². The van der Waals surface area contributed by atoms with Crippen molar-refractivity contribution in [2.45, 2.75) is 45.1 Å². The Labute approximate surface area is 107 Å². The summed E-state index contributed by atoms with van der Waals surface area (Å²) in [5, 5.41) is 12.5. The molecule has 1 aliphatic carbocycles. The molecule has 1 aliphatic rings. The van der Waals surface area contributed by atoms with Crippen LogP contribution in [-0.4, -0.2) is 33.6 Å². The van der Waals surface area contributed by atoms with Crippen molar-refractivity contribution >= 4 is 5.91 Å². The van der Waals surface area contributed by atoms with Crippen molar-refractivity contribution in [2.75, 3.05) is 6.54 Å². The van der Waals surface area contributed by atoms with E-state index in [0.29, 0.717) is 18.2 Å². The molecule has 0 aliphatic heterocycles. The Bertz CT molecular complexity index is 403. The van der Waals surface area contributed by atoms with Gasteiger partial charge in [-0.05, 0) is 25.2 Å². The third-order valence-electron chi connectivity index (χ3n) is 3.51. The number of carbonyl (C=O) groups is 1. The largest absolute Gasteiger partial charge is 0.393 e. The quantitative estimate of drug-likeness (QED) is 0.753. The highest BCUT2D eigenvalue weighted by Gasteiger charge is 2.20. The van der Waals surface area contributed by atoms with Gasteiger partial charge in [0.15, 0.2) is 0 Å². The highest BCUT2D eigenvalue weighted by Crippen LogP contribution is 2.23. The molecule has 2 atom stereocenters. The molecule has 0 saturated heterocycles. The minimum absolute atomic E-state index is 0.109. The van der Waals surface area contributed by atoms with Crippen LogP contribution in [0.2, 0.25) is 0 Å². The van der Waals surface area contributed by atoms with Crippen LogP contribution in [0.4, 0.5) is 0 Å². The number of hydrogen-bond acceptors (Lipinski definition) is 3. The molecule has 100 valence electrons. The molecule has 0 bridgehead atoms. The maximum absolute atomic E-state index is 11.9. The van der Waals surface area contributed by atoms with E-state index in [4.69, 9.17) is 0 Å². The van der Waals surface area contributed by atoms with Crippen molar-refractivity contribution in [3.8, 4) is 0 Å². The van der Waals surface area contributed by atoms with Gasteiger partial charge in [0.25, 0.3) is 5.91 Å². The predicted molar refractivity (Wildman–Crippen MR) is 68.3 cm³/mol. The highest BCUT2D eigenvalue weighted by atomic mass is 16.3. The smallest absolute Gasteiger partial charge is 0.269 e. The van der Waals surface area contributed by atoms with Crippen LogP contribution in [0.1, 0.15) is 48.9 Å². The molecule has 1 heterocycles. The van der Waals surface area contributed by atoms with E-state index in [1.807, 2.05) is 6.92 Å². The zero-order valence-corrected chi connectivity index (χ0v) is 10.8. The van der Waals surface area contributed by atoms with Crippen molar-refractivity contribution in [1.82, 2.24) is 15.3 Å². The van der Waals surface area contributed by atoms with Gasteiger partial charge in [0, 0.05) is 13.0 Å². The standard InChI is InChI=1S/C13H21N3O2/c1-2-12-14-8-11(16-12)13(18)15-7-9-4-3-5-10(17)6-9/h8-10,17H,2-7H2,1H3,(H,14,16)(H,15,18). The Kier molecular flexibility index (Phi) is 4.36. The van der Waals surface area contributed by atoms with E-state index in [1.54, 1.807) is 6.20 Å². The second-order valence-electron chi connectivity index (χ2n) is 4.99. The molecule has 1 aromatic rings. The Balaban J connectivity index is 1.80. The fourth-order valence-electron chi connectivity index (χ4n) is 2.44. The van der Waals surface area contributed by atoms with Gasteiger partial charge in [0.1, 0.15) is 11.5 Å². The minimum Gasteiger partial charge on any atom is -0.393 e. The van der Waals surface area contributed by atoms with Crippen LogP contribution < -0.4 is 5.32 Å². The Hall–Kier alpha value is -1.36. The van der Waals surface area contributed by atoms with Crippen LogP contribution in [-0.2, 0) is 6.42 Å². The molecule has 3 N–H and O–H groups in total. The molecule has 1 fully saturated rings. The number of nitrogens with zero attached hydrogens (tertiary/aromatic N) is 1. The number of carbonyl (C=O) groups excluding carboxylic acids is 1. The number of aliphatic hydroxyl groups is 1. The first-order valence-corrected chi connectivity index (χ1v) is 6.69.